The standard InChI is InChI=1S/C59H71Br3N10O6/c1-5-8-27-72-59(76)52(41(4)66-72)55-56(73)53(57(55)74)48-22-21-47(38-51(48)65-58(75)54-49(61)36-44(60)37-50(54)62)69(30-34-77-32-28-67(6-2)45-17-13-42(14-18-45)39-63-70-23-9-10-24-70)31-35-78-33-29-68(7-3)46-19-15-43(16-20-46)40-64-71-25-11-12-26-71/h13-22,36-40H,5-12,23-35H2,1-4H3,(H2,65,66,73,74,75,76)/b63-39+,64-40+. The van der Waals surface area contributed by atoms with Crippen molar-refractivity contribution in [1.82, 2.24) is 25.1 Å². The Morgan fingerprint density at radius 1 is 0.795 bits per heavy atom. The number of unbranched alkanes of at least 4 members (excludes halogenated alkanes) is 1. The van der Waals surface area contributed by atoms with Crippen LogP contribution in [-0.2, 0) is 20.8 Å². The van der Waals surface area contributed by atoms with E-state index in [2.05, 4.69) is 155 Å². The van der Waals surface area contributed by atoms with Gasteiger partial charge in [0.1, 0.15) is 13.2 Å². The quantitative estimate of drug-likeness (QED) is 0.0266. The van der Waals surface area contributed by atoms with Gasteiger partial charge in [-0.2, -0.15) is 15.3 Å². The molecule has 8 rings (SSSR count). The number of aromatic hydroxyl groups is 1. The Morgan fingerprint density at radius 2 is 1.32 bits per heavy atom. The van der Waals surface area contributed by atoms with Gasteiger partial charge < -0.3 is 34.8 Å². The number of ketones is 1. The Balaban J connectivity index is 1.02. The van der Waals surface area contributed by atoms with Crippen molar-refractivity contribution in [3.63, 3.8) is 0 Å². The van der Waals surface area contributed by atoms with Crippen molar-refractivity contribution in [2.24, 2.45) is 10.2 Å². The Morgan fingerprint density at radius 3 is 1.81 bits per heavy atom. The molecule has 2 saturated heterocycles. The van der Waals surface area contributed by atoms with E-state index >= 15 is 0 Å². The van der Waals surface area contributed by atoms with E-state index in [-0.39, 0.29) is 33.9 Å². The second kappa shape index (κ2) is 28.3. The van der Waals surface area contributed by atoms with Crippen molar-refractivity contribution in [2.75, 3.05) is 102 Å². The number of hydrogen-bond donors (Lipinski definition) is 2. The molecule has 0 radical (unpaired) electrons. The Labute approximate surface area is 483 Å². The van der Waals surface area contributed by atoms with Gasteiger partial charge in [-0.3, -0.25) is 19.6 Å². The summed E-state index contributed by atoms with van der Waals surface area (Å²) in [5.74, 6) is -1.75. The smallest absolute Gasteiger partial charge is 0.257 e. The molecule has 0 unspecified atom stereocenters. The van der Waals surface area contributed by atoms with Gasteiger partial charge in [0.25, 0.3) is 5.91 Å². The highest BCUT2D eigenvalue weighted by molar-refractivity contribution is 9.11. The van der Waals surface area contributed by atoms with Gasteiger partial charge in [-0.1, -0.05) is 59.3 Å². The summed E-state index contributed by atoms with van der Waals surface area (Å²) in [7, 11) is 0. The number of rotatable bonds is 26. The van der Waals surface area contributed by atoms with Crippen LogP contribution in [0.15, 0.2) is 125 Å². The summed E-state index contributed by atoms with van der Waals surface area (Å²) < 4.78 is 18.1. The maximum atomic E-state index is 14.3. The second-order valence-corrected chi connectivity index (χ2v) is 22.2. The monoisotopic (exact) mass is 1250 g/mol. The van der Waals surface area contributed by atoms with Gasteiger partial charge >= 0.3 is 0 Å². The number of aromatic nitrogens is 2. The lowest BCUT2D eigenvalue weighted by Crippen LogP contribution is -2.35. The number of hydrazone groups is 2. The van der Waals surface area contributed by atoms with Crippen LogP contribution in [-0.4, -0.2) is 151 Å². The number of hydrogen-bond acceptors (Lipinski definition) is 13. The van der Waals surface area contributed by atoms with Gasteiger partial charge in [0.05, 0.1) is 48.2 Å². The summed E-state index contributed by atoms with van der Waals surface area (Å²) in [6.45, 7) is 18.1. The Kier molecular flexibility index (Phi) is 21.2. The minimum absolute atomic E-state index is 0.0882. The highest BCUT2D eigenvalue weighted by Crippen LogP contribution is 2.43. The first-order valence-corrected chi connectivity index (χ1v) is 29.6. The number of allylic oxidation sites excluding steroid dienone is 5. The van der Waals surface area contributed by atoms with Crippen LogP contribution in [0.1, 0.15) is 92.0 Å². The van der Waals surface area contributed by atoms with E-state index in [4.69, 9.17) is 9.47 Å². The van der Waals surface area contributed by atoms with E-state index < -0.39 is 17.4 Å². The lowest BCUT2D eigenvalue weighted by Gasteiger charge is -2.33. The zero-order valence-electron chi connectivity index (χ0n) is 45.2. The van der Waals surface area contributed by atoms with Crippen molar-refractivity contribution >= 4 is 94.6 Å². The molecule has 2 N–H and O–H groups in total. The fourth-order valence-electron chi connectivity index (χ4n) is 9.87. The van der Waals surface area contributed by atoms with E-state index in [1.165, 1.54) is 30.4 Å². The van der Waals surface area contributed by atoms with Gasteiger partial charge in [-0.15, -0.1) is 0 Å². The molecule has 0 bridgehead atoms. The number of benzene rings is 3. The maximum Gasteiger partial charge on any atom is 0.257 e. The third-order valence-electron chi connectivity index (χ3n) is 14.3. The molecular weight excluding hydrogens is 1180 g/mol. The van der Waals surface area contributed by atoms with E-state index in [0.29, 0.717) is 79.4 Å². The normalized spacial score (nSPS) is 16.6. The van der Waals surface area contributed by atoms with E-state index in [9.17, 15) is 19.8 Å². The molecule has 4 aliphatic rings. The summed E-state index contributed by atoms with van der Waals surface area (Å²) >= 11 is 10.6. The number of carbonyl (C=O) groups excluding carboxylic acids is 2. The summed E-state index contributed by atoms with van der Waals surface area (Å²) in [5.41, 5.74) is 6.22. The fraction of sp³-hybridized carbons (Fsp3) is 0.424. The van der Waals surface area contributed by atoms with Crippen LogP contribution in [0.5, 0.6) is 5.88 Å². The first-order valence-electron chi connectivity index (χ1n) is 27.3. The van der Waals surface area contributed by atoms with Crippen LogP contribution in [0.2, 0.25) is 0 Å². The molecule has 19 heteroatoms. The Bertz CT molecular complexity index is 2880. The molecular formula is C59H71Br3N10O6. The third kappa shape index (κ3) is 14.7. The first kappa shape index (κ1) is 58.3. The van der Waals surface area contributed by atoms with Crippen molar-refractivity contribution in [3.8, 4) is 5.88 Å². The van der Waals surface area contributed by atoms with Crippen molar-refractivity contribution in [2.45, 2.75) is 72.8 Å². The minimum atomic E-state index is -0.534. The molecule has 4 aromatic rings. The predicted molar refractivity (Wildman–Crippen MR) is 319 cm³/mol. The molecule has 78 heavy (non-hydrogen) atoms. The molecule has 0 saturated carbocycles. The van der Waals surface area contributed by atoms with Crippen molar-refractivity contribution < 1.29 is 33.9 Å². The predicted octanol–water partition coefficient (Wildman–Crippen LogP) is 9.22. The van der Waals surface area contributed by atoms with Gasteiger partial charge in [0.15, 0.2) is 18.9 Å². The number of nitrogens with zero attached hydrogens (tertiary/aromatic N) is 9. The van der Waals surface area contributed by atoms with Crippen LogP contribution in [0.4, 0.5) is 11.4 Å². The molecule has 16 nitrogen and oxygen atoms in total. The summed E-state index contributed by atoms with van der Waals surface area (Å²) in [5, 5.41) is 46.4. The highest BCUT2D eigenvalue weighted by Gasteiger charge is 2.37. The average Bonchev–Trinajstić information content (AvgIpc) is 4.23. The van der Waals surface area contributed by atoms with Crippen LogP contribution in [0.25, 0.3) is 5.57 Å². The summed E-state index contributed by atoms with van der Waals surface area (Å²) in [6.07, 6.45) is 15.6. The first-order chi connectivity index (χ1) is 37.9. The van der Waals surface area contributed by atoms with Crippen LogP contribution in [0, 0.1) is 6.92 Å². The van der Waals surface area contributed by atoms with Gasteiger partial charge in [0, 0.05) is 113 Å². The molecule has 1 aromatic heterocycles. The topological polar surface area (TPSA) is 166 Å². The molecule has 0 spiro atoms. The molecule has 0 atom stereocenters. The molecule has 2 fully saturated rings. The number of ether oxygens (including phenoxy) is 2. The average molecular weight is 1260 g/mol. The van der Waals surface area contributed by atoms with Crippen LogP contribution < -0.4 is 20.2 Å². The number of Topliss-reactive ketones (excluding diaryl/α,β-unsaturated/α-hetero) is 1. The lowest BCUT2D eigenvalue weighted by molar-refractivity contribution is -0.532. The van der Waals surface area contributed by atoms with E-state index in [0.717, 1.165) is 84.8 Å². The summed E-state index contributed by atoms with van der Waals surface area (Å²) in [6, 6.07) is 20.4. The van der Waals surface area contributed by atoms with Crippen molar-refractivity contribution in [3.05, 3.63) is 143 Å². The minimum Gasteiger partial charge on any atom is -0.871 e. The van der Waals surface area contributed by atoms with Crippen LogP contribution in [0.3, 0.4) is 0 Å². The third-order valence-corrected chi connectivity index (χ3v) is 16.0. The van der Waals surface area contributed by atoms with Gasteiger partial charge in [-0.05, 0) is 138 Å². The zero-order valence-corrected chi connectivity index (χ0v) is 49.9. The highest BCUT2D eigenvalue weighted by atomic mass is 79.9. The van der Waals surface area contributed by atoms with Gasteiger partial charge in [-0.25, -0.2) is 9.26 Å². The largest absolute Gasteiger partial charge is 0.871 e. The number of aryl methyl sites for hydroxylation is 2. The number of likely N-dealkylation sites (N-methyl/N-ethyl adjacent to an activating group) is 2. The molecule has 3 aromatic carbocycles. The number of carbonyl (C=O) groups is 2. The zero-order chi connectivity index (χ0) is 55.1. The molecule has 414 valence electrons. The second-order valence-electron chi connectivity index (χ2n) is 19.6. The lowest BCUT2D eigenvalue weighted by atomic mass is 9.79. The fourth-order valence-corrected chi connectivity index (χ4v) is 12.5. The number of amides is 1. The van der Waals surface area contributed by atoms with E-state index in [1.54, 1.807) is 31.2 Å². The molecule has 2 aliphatic heterocycles. The maximum absolute atomic E-state index is 14.3. The number of halogens is 3. The molecule has 3 heterocycles. The number of nitrogens with one attached hydrogen (secondary N) is 1. The van der Waals surface area contributed by atoms with E-state index in [1.807, 2.05) is 25.4 Å². The van der Waals surface area contributed by atoms with Crippen molar-refractivity contribution in [1.29, 1.82) is 0 Å². The number of anilines is 2. The van der Waals surface area contributed by atoms with Crippen LogP contribution >= 0.6 is 47.8 Å². The summed E-state index contributed by atoms with van der Waals surface area (Å²) in [4.78, 5) is 33.1. The SMILES string of the molecule is CCCCn1nc(C)c(C2=C([O-])/C(=C3/C=CC(=[N+](CCOCCN(CC)c4ccc(/C=N/N5CCCC5)cc4)CCOCCN(CC)c4ccc(/C=N/N5CCCC5)cc4)C=C3NC(=O)c3c(Br)cc(Br)cc3Br)C2=O)c1O. The Hall–Kier alpha value is -5.86. The van der Waals surface area contributed by atoms with Gasteiger partial charge in [0.2, 0.25) is 11.6 Å². The molecule has 1 amide bonds. The molecule has 2 aliphatic carbocycles.